The maximum atomic E-state index is 12.4. The molecule has 0 bridgehead atoms. The van der Waals surface area contributed by atoms with Crippen molar-refractivity contribution in [1.82, 2.24) is 4.98 Å². The van der Waals surface area contributed by atoms with Crippen LogP contribution in [0.25, 0.3) is 0 Å². The van der Waals surface area contributed by atoms with Crippen LogP contribution in [0, 0.1) is 11.3 Å². The van der Waals surface area contributed by atoms with Gasteiger partial charge in [0.15, 0.2) is 17.2 Å². The Hall–Kier alpha value is -1.90. The molecule has 0 aliphatic heterocycles. The molecule has 0 aliphatic carbocycles. The number of nitriles is 1. The number of nitrogens with zero attached hydrogens (tertiary/aromatic N) is 2. The van der Waals surface area contributed by atoms with Crippen LogP contribution in [0.3, 0.4) is 0 Å². The maximum absolute atomic E-state index is 12.4. The second-order valence-electron chi connectivity index (χ2n) is 2.54. The molecule has 15 heavy (non-hydrogen) atoms. The van der Waals surface area contributed by atoms with E-state index in [0.717, 1.165) is 6.07 Å². The number of halogens is 2. The second-order valence-corrected chi connectivity index (χ2v) is 2.54. The average molecular weight is 214 g/mol. The molecule has 0 spiro atoms. The minimum absolute atomic E-state index is 0.0596. The van der Waals surface area contributed by atoms with Crippen LogP contribution in [0.4, 0.5) is 8.78 Å². The SMILES string of the molecule is COc1cc(C(F)F)nc(C#N)c1OC. The first-order valence-corrected chi connectivity index (χ1v) is 3.95. The molecule has 0 unspecified atom stereocenters. The molecule has 0 atom stereocenters. The molecule has 80 valence electrons. The molecule has 0 aromatic carbocycles. The summed E-state index contributed by atoms with van der Waals surface area (Å²) in [5.74, 6) is 0.128. The van der Waals surface area contributed by atoms with Crippen molar-refractivity contribution >= 4 is 0 Å². The Labute approximate surface area is 85.1 Å². The lowest BCUT2D eigenvalue weighted by molar-refractivity contribution is 0.145. The standard InChI is InChI=1S/C9H8F2N2O2/c1-14-7-3-5(9(10)11)13-6(4-12)8(7)15-2/h3,9H,1-2H3. The predicted molar refractivity (Wildman–Crippen MR) is 47.0 cm³/mol. The van der Waals surface area contributed by atoms with Gasteiger partial charge in [-0.3, -0.25) is 0 Å². The summed E-state index contributed by atoms with van der Waals surface area (Å²) < 4.78 is 34.4. The highest BCUT2D eigenvalue weighted by atomic mass is 19.3. The first-order chi connectivity index (χ1) is 7.13. The zero-order chi connectivity index (χ0) is 11.4. The molecule has 1 aromatic heterocycles. The lowest BCUT2D eigenvalue weighted by Crippen LogP contribution is -2.00. The molecule has 1 aromatic rings. The highest BCUT2D eigenvalue weighted by Gasteiger charge is 2.18. The van der Waals surface area contributed by atoms with E-state index in [1.807, 2.05) is 0 Å². The second kappa shape index (κ2) is 4.55. The summed E-state index contributed by atoms with van der Waals surface area (Å²) in [6, 6.07) is 2.71. The number of rotatable bonds is 3. The zero-order valence-corrected chi connectivity index (χ0v) is 8.12. The van der Waals surface area contributed by atoms with Gasteiger partial charge in [-0.15, -0.1) is 0 Å². The van der Waals surface area contributed by atoms with Gasteiger partial charge in [-0.2, -0.15) is 5.26 Å². The fourth-order valence-corrected chi connectivity index (χ4v) is 1.07. The number of methoxy groups -OCH3 is 2. The molecule has 0 fully saturated rings. The lowest BCUT2D eigenvalue weighted by atomic mass is 10.2. The molecule has 0 radical (unpaired) electrons. The molecule has 6 heteroatoms. The molecule has 0 aliphatic rings. The average Bonchev–Trinajstić information content (AvgIpc) is 2.26. The van der Waals surface area contributed by atoms with Crippen molar-refractivity contribution in [2.45, 2.75) is 6.43 Å². The van der Waals surface area contributed by atoms with Crippen LogP contribution < -0.4 is 9.47 Å². The third-order valence-electron chi connectivity index (χ3n) is 1.71. The summed E-state index contributed by atoms with van der Waals surface area (Å²) in [5, 5.41) is 8.68. The predicted octanol–water partition coefficient (Wildman–Crippen LogP) is 1.91. The fourth-order valence-electron chi connectivity index (χ4n) is 1.07. The Morgan fingerprint density at radius 3 is 2.47 bits per heavy atom. The van der Waals surface area contributed by atoms with Crippen LogP contribution in [0.1, 0.15) is 17.8 Å². The highest BCUT2D eigenvalue weighted by molar-refractivity contribution is 5.49. The van der Waals surface area contributed by atoms with Crippen LogP contribution in [0.5, 0.6) is 11.5 Å². The molecule has 1 heterocycles. The van der Waals surface area contributed by atoms with Gasteiger partial charge < -0.3 is 9.47 Å². The third kappa shape index (κ3) is 2.13. The largest absolute Gasteiger partial charge is 0.493 e. The Bertz CT molecular complexity index is 402. The maximum Gasteiger partial charge on any atom is 0.280 e. The number of aromatic nitrogens is 1. The van der Waals surface area contributed by atoms with Crippen molar-refractivity contribution in [3.05, 3.63) is 17.5 Å². The summed E-state index contributed by atoms with van der Waals surface area (Å²) >= 11 is 0. The van der Waals surface area contributed by atoms with Crippen molar-refractivity contribution in [2.75, 3.05) is 14.2 Å². The third-order valence-corrected chi connectivity index (χ3v) is 1.71. The van der Waals surface area contributed by atoms with Gasteiger partial charge in [0, 0.05) is 6.07 Å². The van der Waals surface area contributed by atoms with Crippen molar-refractivity contribution < 1.29 is 18.3 Å². The van der Waals surface area contributed by atoms with Crippen LogP contribution in [-0.4, -0.2) is 19.2 Å². The van der Waals surface area contributed by atoms with E-state index in [4.69, 9.17) is 14.7 Å². The van der Waals surface area contributed by atoms with Gasteiger partial charge in [0.05, 0.1) is 14.2 Å². The van der Waals surface area contributed by atoms with Crippen molar-refractivity contribution in [2.24, 2.45) is 0 Å². The summed E-state index contributed by atoms with van der Waals surface area (Å²) in [5.41, 5.74) is -0.726. The van der Waals surface area contributed by atoms with Gasteiger partial charge >= 0.3 is 0 Å². The molecular formula is C9H8F2N2O2. The minimum Gasteiger partial charge on any atom is -0.493 e. The van der Waals surface area contributed by atoms with Crippen LogP contribution >= 0.6 is 0 Å². The van der Waals surface area contributed by atoms with Gasteiger partial charge in [-0.25, -0.2) is 13.8 Å². The number of pyridine rings is 1. The Kier molecular flexibility index (Phi) is 3.39. The highest BCUT2D eigenvalue weighted by Crippen LogP contribution is 2.32. The van der Waals surface area contributed by atoms with Crippen molar-refractivity contribution in [3.8, 4) is 17.6 Å². The normalized spacial score (nSPS) is 9.87. The first-order valence-electron chi connectivity index (χ1n) is 3.95. The molecule has 0 amide bonds. The number of hydrogen-bond donors (Lipinski definition) is 0. The molecular weight excluding hydrogens is 206 g/mol. The smallest absolute Gasteiger partial charge is 0.280 e. The summed E-state index contributed by atoms with van der Waals surface area (Å²) in [4.78, 5) is 3.45. The van der Waals surface area contributed by atoms with Crippen LogP contribution in [0.2, 0.25) is 0 Å². The Balaban J connectivity index is 3.37. The summed E-state index contributed by atoms with van der Waals surface area (Å²) in [6.07, 6.45) is -2.75. The lowest BCUT2D eigenvalue weighted by Gasteiger charge is -2.09. The van der Waals surface area contributed by atoms with E-state index in [9.17, 15) is 8.78 Å². The topological polar surface area (TPSA) is 55.1 Å². The monoisotopic (exact) mass is 214 g/mol. The number of alkyl halides is 2. The molecule has 1 rings (SSSR count). The molecule has 4 nitrogen and oxygen atoms in total. The van der Waals surface area contributed by atoms with Gasteiger partial charge in [-0.1, -0.05) is 0 Å². The van der Waals surface area contributed by atoms with E-state index >= 15 is 0 Å². The first kappa shape index (κ1) is 11.2. The summed E-state index contributed by atoms with van der Waals surface area (Å²) in [6.45, 7) is 0. The van der Waals surface area contributed by atoms with Gasteiger partial charge in [0.2, 0.25) is 0 Å². The van der Waals surface area contributed by atoms with Crippen LogP contribution in [0.15, 0.2) is 6.07 Å². The fraction of sp³-hybridized carbons (Fsp3) is 0.333. The van der Waals surface area contributed by atoms with Gasteiger partial charge in [0.1, 0.15) is 11.8 Å². The molecule has 0 saturated carbocycles. The van der Waals surface area contributed by atoms with E-state index < -0.39 is 12.1 Å². The Morgan fingerprint density at radius 2 is 2.07 bits per heavy atom. The van der Waals surface area contributed by atoms with E-state index in [1.54, 1.807) is 6.07 Å². The molecule has 0 saturated heterocycles. The zero-order valence-electron chi connectivity index (χ0n) is 8.12. The Morgan fingerprint density at radius 1 is 1.40 bits per heavy atom. The van der Waals surface area contributed by atoms with E-state index in [-0.39, 0.29) is 17.2 Å². The van der Waals surface area contributed by atoms with Crippen LogP contribution in [-0.2, 0) is 0 Å². The van der Waals surface area contributed by atoms with E-state index in [1.165, 1.54) is 14.2 Å². The number of hydrogen-bond acceptors (Lipinski definition) is 4. The van der Waals surface area contributed by atoms with E-state index in [0.29, 0.717) is 0 Å². The van der Waals surface area contributed by atoms with E-state index in [2.05, 4.69) is 4.98 Å². The number of ether oxygens (including phenoxy) is 2. The summed E-state index contributed by atoms with van der Waals surface area (Å²) in [7, 11) is 2.61. The van der Waals surface area contributed by atoms with Crippen molar-refractivity contribution in [3.63, 3.8) is 0 Å². The quantitative estimate of drug-likeness (QED) is 0.771. The minimum atomic E-state index is -2.75. The molecule has 0 N–H and O–H groups in total. The van der Waals surface area contributed by atoms with Crippen molar-refractivity contribution in [1.29, 1.82) is 5.26 Å². The van der Waals surface area contributed by atoms with Gasteiger partial charge in [-0.05, 0) is 0 Å². The van der Waals surface area contributed by atoms with Gasteiger partial charge in [0.25, 0.3) is 6.43 Å².